The van der Waals surface area contributed by atoms with Gasteiger partial charge in [0.1, 0.15) is 5.76 Å². The standard InChI is InChI=1S/C9H13NO3/c1-5(4-8(11)12)9-6(2)10-13-7(9)3/h5H,4H2,1-3H3,(H,11,12)/t5-/m0/s1. The highest BCUT2D eigenvalue weighted by Gasteiger charge is 2.18. The van der Waals surface area contributed by atoms with E-state index in [0.29, 0.717) is 5.76 Å². The highest BCUT2D eigenvalue weighted by molar-refractivity contribution is 5.68. The van der Waals surface area contributed by atoms with Crippen molar-refractivity contribution in [1.29, 1.82) is 0 Å². The van der Waals surface area contributed by atoms with Gasteiger partial charge in [-0.2, -0.15) is 0 Å². The van der Waals surface area contributed by atoms with Crippen molar-refractivity contribution in [2.45, 2.75) is 33.1 Å². The van der Waals surface area contributed by atoms with Crippen molar-refractivity contribution >= 4 is 5.97 Å². The first-order valence-electron chi connectivity index (χ1n) is 4.17. The largest absolute Gasteiger partial charge is 0.481 e. The van der Waals surface area contributed by atoms with Crippen LogP contribution in [-0.4, -0.2) is 16.2 Å². The lowest BCUT2D eigenvalue weighted by molar-refractivity contribution is -0.137. The minimum absolute atomic E-state index is 0.0382. The normalized spacial score (nSPS) is 12.8. The molecule has 4 heteroatoms. The van der Waals surface area contributed by atoms with Gasteiger partial charge in [-0.15, -0.1) is 0 Å². The molecule has 1 aromatic rings. The van der Waals surface area contributed by atoms with Gasteiger partial charge in [0, 0.05) is 5.56 Å². The van der Waals surface area contributed by atoms with Crippen LogP contribution < -0.4 is 0 Å². The van der Waals surface area contributed by atoms with Gasteiger partial charge in [0.05, 0.1) is 12.1 Å². The summed E-state index contributed by atoms with van der Waals surface area (Å²) >= 11 is 0. The third-order valence-corrected chi connectivity index (χ3v) is 2.06. The molecule has 0 fully saturated rings. The van der Waals surface area contributed by atoms with E-state index in [9.17, 15) is 4.79 Å². The number of carboxylic acid groups (broad SMARTS) is 1. The van der Waals surface area contributed by atoms with Crippen molar-refractivity contribution < 1.29 is 14.4 Å². The fraction of sp³-hybridized carbons (Fsp3) is 0.556. The summed E-state index contributed by atoms with van der Waals surface area (Å²) in [5.41, 5.74) is 1.70. The molecule has 1 rings (SSSR count). The van der Waals surface area contributed by atoms with Crippen LogP contribution >= 0.6 is 0 Å². The zero-order chi connectivity index (χ0) is 10.0. The average Bonchev–Trinajstić information content (AvgIpc) is 2.29. The number of hydrogen-bond acceptors (Lipinski definition) is 3. The van der Waals surface area contributed by atoms with Crippen molar-refractivity contribution in [3.05, 3.63) is 17.0 Å². The molecule has 0 amide bonds. The summed E-state index contributed by atoms with van der Waals surface area (Å²) in [6, 6.07) is 0. The van der Waals surface area contributed by atoms with E-state index in [-0.39, 0.29) is 12.3 Å². The van der Waals surface area contributed by atoms with E-state index in [4.69, 9.17) is 9.63 Å². The number of aryl methyl sites for hydroxylation is 2. The van der Waals surface area contributed by atoms with Gasteiger partial charge in [0.2, 0.25) is 0 Å². The number of aromatic nitrogens is 1. The SMILES string of the molecule is Cc1noc(C)c1[C@@H](C)CC(=O)O. The molecule has 0 aromatic carbocycles. The Bertz CT molecular complexity index is 297. The third kappa shape index (κ3) is 2.08. The minimum Gasteiger partial charge on any atom is -0.481 e. The second-order valence-corrected chi connectivity index (χ2v) is 3.24. The smallest absolute Gasteiger partial charge is 0.303 e. The molecule has 0 aliphatic rings. The van der Waals surface area contributed by atoms with Crippen LogP contribution in [0.4, 0.5) is 0 Å². The predicted molar refractivity (Wildman–Crippen MR) is 46.6 cm³/mol. The molecule has 1 heterocycles. The van der Waals surface area contributed by atoms with Crippen molar-refractivity contribution in [1.82, 2.24) is 5.16 Å². The van der Waals surface area contributed by atoms with E-state index < -0.39 is 5.97 Å². The van der Waals surface area contributed by atoms with Crippen LogP contribution in [0.3, 0.4) is 0 Å². The highest BCUT2D eigenvalue weighted by Crippen LogP contribution is 2.25. The van der Waals surface area contributed by atoms with Crippen LogP contribution in [0, 0.1) is 13.8 Å². The summed E-state index contributed by atoms with van der Waals surface area (Å²) in [6.07, 6.45) is 0.114. The summed E-state index contributed by atoms with van der Waals surface area (Å²) in [5, 5.41) is 12.4. The lowest BCUT2D eigenvalue weighted by Gasteiger charge is -2.06. The topological polar surface area (TPSA) is 63.3 Å². The van der Waals surface area contributed by atoms with E-state index in [2.05, 4.69) is 5.16 Å². The Labute approximate surface area is 76.5 Å². The maximum atomic E-state index is 10.5. The van der Waals surface area contributed by atoms with E-state index in [1.165, 1.54) is 0 Å². The molecule has 4 nitrogen and oxygen atoms in total. The molecule has 0 saturated carbocycles. The monoisotopic (exact) mass is 183 g/mol. The zero-order valence-corrected chi connectivity index (χ0v) is 8.00. The summed E-state index contributed by atoms with van der Waals surface area (Å²) in [6.45, 7) is 5.48. The summed E-state index contributed by atoms with van der Waals surface area (Å²) in [7, 11) is 0. The van der Waals surface area contributed by atoms with Gasteiger partial charge in [-0.05, 0) is 19.8 Å². The summed E-state index contributed by atoms with van der Waals surface area (Å²) in [5.74, 6) is -0.123. The van der Waals surface area contributed by atoms with Crippen LogP contribution in [0.5, 0.6) is 0 Å². The zero-order valence-electron chi connectivity index (χ0n) is 8.00. The van der Waals surface area contributed by atoms with Crippen molar-refractivity contribution in [2.24, 2.45) is 0 Å². The van der Waals surface area contributed by atoms with Crippen LogP contribution in [0.1, 0.15) is 36.3 Å². The Hall–Kier alpha value is -1.32. The molecule has 0 aliphatic heterocycles. The molecule has 0 aliphatic carbocycles. The fourth-order valence-corrected chi connectivity index (χ4v) is 1.56. The van der Waals surface area contributed by atoms with Crippen LogP contribution in [-0.2, 0) is 4.79 Å². The van der Waals surface area contributed by atoms with Gasteiger partial charge >= 0.3 is 5.97 Å². The van der Waals surface area contributed by atoms with Crippen molar-refractivity contribution in [3.8, 4) is 0 Å². The fourth-order valence-electron chi connectivity index (χ4n) is 1.56. The maximum Gasteiger partial charge on any atom is 0.303 e. The molecule has 0 bridgehead atoms. The summed E-state index contributed by atoms with van der Waals surface area (Å²) < 4.78 is 4.96. The molecule has 0 radical (unpaired) electrons. The van der Waals surface area contributed by atoms with Crippen molar-refractivity contribution in [2.75, 3.05) is 0 Å². The van der Waals surface area contributed by atoms with Crippen LogP contribution in [0.2, 0.25) is 0 Å². The second kappa shape index (κ2) is 3.60. The highest BCUT2D eigenvalue weighted by atomic mass is 16.5. The lowest BCUT2D eigenvalue weighted by Crippen LogP contribution is -2.04. The van der Waals surface area contributed by atoms with Gasteiger partial charge in [-0.25, -0.2) is 0 Å². The quantitative estimate of drug-likeness (QED) is 0.776. The molecular weight excluding hydrogens is 170 g/mol. The summed E-state index contributed by atoms with van der Waals surface area (Å²) in [4.78, 5) is 10.5. The Balaban J connectivity index is 2.87. The number of carbonyl (C=O) groups is 1. The minimum atomic E-state index is -0.799. The predicted octanol–water partition coefficient (Wildman–Crippen LogP) is 1.87. The molecular formula is C9H13NO3. The van der Waals surface area contributed by atoms with Gasteiger partial charge in [-0.3, -0.25) is 4.79 Å². The van der Waals surface area contributed by atoms with Gasteiger partial charge in [0.15, 0.2) is 0 Å². The molecule has 1 atom stereocenters. The van der Waals surface area contributed by atoms with E-state index in [1.807, 2.05) is 13.8 Å². The van der Waals surface area contributed by atoms with Crippen LogP contribution in [0.25, 0.3) is 0 Å². The molecule has 1 aromatic heterocycles. The van der Waals surface area contributed by atoms with E-state index >= 15 is 0 Å². The number of hydrogen-bond donors (Lipinski definition) is 1. The van der Waals surface area contributed by atoms with Gasteiger partial charge in [0.25, 0.3) is 0 Å². The van der Waals surface area contributed by atoms with Gasteiger partial charge in [-0.1, -0.05) is 12.1 Å². The Morgan fingerprint density at radius 2 is 2.23 bits per heavy atom. The van der Waals surface area contributed by atoms with Gasteiger partial charge < -0.3 is 9.63 Å². The lowest BCUT2D eigenvalue weighted by atomic mass is 9.96. The molecule has 13 heavy (non-hydrogen) atoms. The number of aliphatic carboxylic acids is 1. The first-order chi connectivity index (χ1) is 6.02. The average molecular weight is 183 g/mol. The van der Waals surface area contributed by atoms with Crippen molar-refractivity contribution in [3.63, 3.8) is 0 Å². The first-order valence-corrected chi connectivity index (χ1v) is 4.17. The number of nitrogens with zero attached hydrogens (tertiary/aromatic N) is 1. The molecule has 0 saturated heterocycles. The second-order valence-electron chi connectivity index (χ2n) is 3.24. The third-order valence-electron chi connectivity index (χ3n) is 2.06. The molecule has 72 valence electrons. The molecule has 0 unspecified atom stereocenters. The number of rotatable bonds is 3. The van der Waals surface area contributed by atoms with E-state index in [1.54, 1.807) is 6.92 Å². The number of carboxylic acids is 1. The molecule has 1 N–H and O–H groups in total. The Kier molecular flexibility index (Phi) is 2.70. The van der Waals surface area contributed by atoms with E-state index in [0.717, 1.165) is 11.3 Å². The Morgan fingerprint density at radius 1 is 1.62 bits per heavy atom. The molecule has 0 spiro atoms. The maximum absolute atomic E-state index is 10.5. The van der Waals surface area contributed by atoms with Crippen LogP contribution in [0.15, 0.2) is 4.52 Å². The Morgan fingerprint density at radius 3 is 2.62 bits per heavy atom. The first kappa shape index (κ1) is 9.77.